The normalized spacial score (nSPS) is 21.9. The second kappa shape index (κ2) is 10.5. The lowest BCUT2D eigenvalue weighted by Gasteiger charge is -2.50. The summed E-state index contributed by atoms with van der Waals surface area (Å²) in [4.78, 5) is 42.5. The zero-order chi connectivity index (χ0) is 29.9. The first-order chi connectivity index (χ1) is 18.4. The molecule has 1 aliphatic carbocycles. The van der Waals surface area contributed by atoms with Crippen LogP contribution in [0.1, 0.15) is 82.0 Å². The Morgan fingerprint density at radius 2 is 1.50 bits per heavy atom. The summed E-state index contributed by atoms with van der Waals surface area (Å²) in [5.74, 6) is -1.25. The Hall–Kier alpha value is -2.97. The predicted molar refractivity (Wildman–Crippen MR) is 160 cm³/mol. The molecule has 0 saturated heterocycles. The van der Waals surface area contributed by atoms with Gasteiger partial charge in [0.15, 0.2) is 0 Å². The highest BCUT2D eigenvalue weighted by Gasteiger charge is 2.48. The molecule has 3 aromatic rings. The number of amides is 1. The Balaban J connectivity index is 1.97. The number of nitrogens with two attached hydrogens (primary N) is 2. The molecule has 40 heavy (non-hydrogen) atoms. The summed E-state index contributed by atoms with van der Waals surface area (Å²) in [6.07, 6.45) is 1.45. The van der Waals surface area contributed by atoms with Crippen molar-refractivity contribution < 1.29 is 14.3 Å². The number of aromatic nitrogens is 2. The molecule has 216 valence electrons. The van der Waals surface area contributed by atoms with Crippen molar-refractivity contribution in [2.75, 3.05) is 5.73 Å². The van der Waals surface area contributed by atoms with E-state index in [1.165, 1.54) is 0 Å². The number of hydrogen-bond acceptors (Lipinski definition) is 5. The summed E-state index contributed by atoms with van der Waals surface area (Å²) in [5.41, 5.74) is 10.8. The number of primary amides is 1. The third kappa shape index (κ3) is 5.36. The van der Waals surface area contributed by atoms with E-state index in [1.807, 2.05) is 0 Å². The number of rotatable bonds is 4. The van der Waals surface area contributed by atoms with Crippen LogP contribution in [0.15, 0.2) is 29.1 Å². The van der Waals surface area contributed by atoms with Crippen LogP contribution in [-0.2, 0) is 4.74 Å². The number of hydrogen-bond donors (Lipinski definition) is 3. The minimum absolute atomic E-state index is 0.0243. The number of carbonyl (C=O) groups is 2. The van der Waals surface area contributed by atoms with E-state index in [-0.39, 0.29) is 56.5 Å². The maximum atomic E-state index is 14.3. The van der Waals surface area contributed by atoms with E-state index in [0.717, 1.165) is 17.2 Å². The largest absolute Gasteiger partial charge is 0.458 e. The second-order valence-corrected chi connectivity index (χ2v) is 14.0. The van der Waals surface area contributed by atoms with Crippen molar-refractivity contribution >= 4 is 46.5 Å². The van der Waals surface area contributed by atoms with Gasteiger partial charge in [0.25, 0.3) is 11.5 Å². The van der Waals surface area contributed by atoms with Crippen LogP contribution >= 0.6 is 23.2 Å². The summed E-state index contributed by atoms with van der Waals surface area (Å²) in [7, 11) is 0. The average Bonchev–Trinajstić information content (AvgIpc) is 3.10. The first kappa shape index (κ1) is 30.0. The molecule has 5 N–H and O–H groups in total. The van der Waals surface area contributed by atoms with Crippen LogP contribution in [0, 0.1) is 28.6 Å². The molecule has 1 fully saturated rings. The standard InChI is InChI=1S/C30H38Cl2N4O4/c1-14-12-17(29(2,3)4)22(18(13-14)30(5,6)7)40-28(39)20-19(15-8-10-16(31)11-9-15)23(32)36-26(20)35-24(33)21(25(34)37)27(36)38/h8-11,14,17-18,22,35H,12-13,33H2,1-7H3,(H2,34,37). The van der Waals surface area contributed by atoms with Crippen LogP contribution in [0.3, 0.4) is 0 Å². The molecule has 1 saturated carbocycles. The Labute approximate surface area is 244 Å². The maximum absolute atomic E-state index is 14.3. The van der Waals surface area contributed by atoms with E-state index in [9.17, 15) is 14.4 Å². The molecule has 1 aliphatic rings. The number of halogens is 2. The number of esters is 1. The van der Waals surface area contributed by atoms with Crippen molar-refractivity contribution in [3.8, 4) is 11.1 Å². The fraction of sp³-hybridized carbons (Fsp3) is 0.500. The van der Waals surface area contributed by atoms with Crippen LogP contribution in [-0.4, -0.2) is 27.4 Å². The number of nitrogen functional groups attached to an aromatic ring is 1. The molecule has 8 nitrogen and oxygen atoms in total. The Bertz CT molecular complexity index is 1500. The molecule has 0 bridgehead atoms. The van der Waals surface area contributed by atoms with Gasteiger partial charge in [-0.2, -0.15) is 0 Å². The molecular formula is C30H38Cl2N4O4. The van der Waals surface area contributed by atoms with Gasteiger partial charge < -0.3 is 21.2 Å². The highest BCUT2D eigenvalue weighted by molar-refractivity contribution is 6.34. The number of nitrogens with zero attached hydrogens (tertiary/aromatic N) is 1. The highest BCUT2D eigenvalue weighted by atomic mass is 35.5. The fourth-order valence-electron chi connectivity index (χ4n) is 6.14. The molecule has 2 heterocycles. The van der Waals surface area contributed by atoms with Gasteiger partial charge in [-0.05, 0) is 47.3 Å². The number of ether oxygens (including phenoxy) is 1. The third-order valence-electron chi connectivity index (χ3n) is 8.21. The maximum Gasteiger partial charge on any atom is 0.342 e. The van der Waals surface area contributed by atoms with Crippen LogP contribution in [0.5, 0.6) is 0 Å². The summed E-state index contributed by atoms with van der Waals surface area (Å²) in [5, 5.41) is 0.409. The van der Waals surface area contributed by atoms with Gasteiger partial charge >= 0.3 is 5.97 Å². The van der Waals surface area contributed by atoms with Gasteiger partial charge in [-0.25, -0.2) is 9.20 Å². The van der Waals surface area contributed by atoms with E-state index in [4.69, 9.17) is 39.4 Å². The van der Waals surface area contributed by atoms with Crippen molar-refractivity contribution in [2.45, 2.75) is 67.4 Å². The van der Waals surface area contributed by atoms with Gasteiger partial charge in [-0.15, -0.1) is 0 Å². The number of anilines is 1. The number of benzene rings is 1. The van der Waals surface area contributed by atoms with E-state index in [0.29, 0.717) is 16.5 Å². The number of nitrogens with one attached hydrogen (secondary N) is 1. The number of carbonyl (C=O) groups excluding carboxylic acids is 2. The van der Waals surface area contributed by atoms with Gasteiger partial charge in [-0.1, -0.05) is 83.8 Å². The molecule has 1 aromatic carbocycles. The van der Waals surface area contributed by atoms with E-state index in [1.54, 1.807) is 24.3 Å². The smallest absolute Gasteiger partial charge is 0.342 e. The SMILES string of the molecule is CC1CC(C(C)(C)C)C(OC(=O)c2c(-c3ccc(Cl)cc3)c(Cl)n3c(=O)c(C(N)=O)c(N)[nH]c23)C(C(C)(C)C)C1. The molecular weight excluding hydrogens is 551 g/mol. The molecule has 10 heteroatoms. The summed E-state index contributed by atoms with van der Waals surface area (Å²) in [6.45, 7) is 15.3. The van der Waals surface area contributed by atoms with Gasteiger partial charge in [-0.3, -0.25) is 9.59 Å². The molecule has 1 amide bonds. The zero-order valence-electron chi connectivity index (χ0n) is 24.0. The first-order valence-electron chi connectivity index (χ1n) is 13.5. The quantitative estimate of drug-likeness (QED) is 0.297. The second-order valence-electron chi connectivity index (χ2n) is 13.2. The van der Waals surface area contributed by atoms with Gasteiger partial charge in [0, 0.05) is 22.4 Å². The fourth-order valence-corrected chi connectivity index (χ4v) is 6.63. The van der Waals surface area contributed by atoms with Gasteiger partial charge in [0.1, 0.15) is 33.8 Å². The Kier molecular flexibility index (Phi) is 7.84. The topological polar surface area (TPSA) is 133 Å². The van der Waals surface area contributed by atoms with Crippen LogP contribution in [0.4, 0.5) is 5.82 Å². The summed E-state index contributed by atoms with van der Waals surface area (Å²) < 4.78 is 7.52. The van der Waals surface area contributed by atoms with Gasteiger partial charge in [0.05, 0.1) is 0 Å². The Morgan fingerprint density at radius 1 is 0.975 bits per heavy atom. The minimum Gasteiger partial charge on any atom is -0.458 e. The molecule has 4 rings (SSSR count). The monoisotopic (exact) mass is 588 g/mol. The summed E-state index contributed by atoms with van der Waals surface area (Å²) >= 11 is 12.9. The lowest BCUT2D eigenvalue weighted by Crippen LogP contribution is -2.49. The number of aromatic amines is 1. The lowest BCUT2D eigenvalue weighted by atomic mass is 9.59. The van der Waals surface area contributed by atoms with Crippen molar-refractivity contribution in [3.05, 3.63) is 55.9 Å². The number of H-pyrrole nitrogens is 1. The minimum atomic E-state index is -1.01. The molecule has 2 unspecified atom stereocenters. The van der Waals surface area contributed by atoms with Crippen LogP contribution < -0.4 is 17.0 Å². The molecule has 2 aromatic heterocycles. The Morgan fingerprint density at radius 3 is 1.98 bits per heavy atom. The van der Waals surface area contributed by atoms with Crippen molar-refractivity contribution in [1.82, 2.24) is 9.38 Å². The van der Waals surface area contributed by atoms with Gasteiger partial charge in [0.2, 0.25) is 0 Å². The summed E-state index contributed by atoms with van der Waals surface area (Å²) in [6, 6.07) is 6.70. The molecule has 0 aliphatic heterocycles. The predicted octanol–water partition coefficient (Wildman–Crippen LogP) is 6.56. The number of fused-ring (bicyclic) bond motifs is 1. The van der Waals surface area contributed by atoms with E-state index < -0.39 is 23.0 Å². The van der Waals surface area contributed by atoms with Crippen molar-refractivity contribution in [3.63, 3.8) is 0 Å². The molecule has 0 spiro atoms. The van der Waals surface area contributed by atoms with Crippen LogP contribution in [0.2, 0.25) is 10.2 Å². The molecule has 0 radical (unpaired) electrons. The first-order valence-corrected chi connectivity index (χ1v) is 14.2. The average molecular weight is 590 g/mol. The van der Waals surface area contributed by atoms with E-state index in [2.05, 4.69) is 53.5 Å². The van der Waals surface area contributed by atoms with E-state index >= 15 is 0 Å². The van der Waals surface area contributed by atoms with Crippen molar-refractivity contribution in [1.29, 1.82) is 0 Å². The lowest BCUT2D eigenvalue weighted by molar-refractivity contribution is -0.0922. The van der Waals surface area contributed by atoms with Crippen LogP contribution in [0.25, 0.3) is 16.8 Å². The highest BCUT2D eigenvalue weighted by Crippen LogP contribution is 2.50. The van der Waals surface area contributed by atoms with Crippen molar-refractivity contribution in [2.24, 2.45) is 34.3 Å². The third-order valence-corrected chi connectivity index (χ3v) is 8.82. The molecule has 2 atom stereocenters. The zero-order valence-corrected chi connectivity index (χ0v) is 25.5.